The zero-order valence-electron chi connectivity index (χ0n) is 10.1. The first-order valence-corrected chi connectivity index (χ1v) is 5.54. The molecule has 0 fully saturated rings. The average Bonchev–Trinajstić information content (AvgIpc) is 2.82. The Bertz CT molecular complexity index is 519. The van der Waals surface area contributed by atoms with Crippen LogP contribution in [0.4, 0.5) is 0 Å². The van der Waals surface area contributed by atoms with Crippen molar-refractivity contribution in [3.63, 3.8) is 0 Å². The summed E-state index contributed by atoms with van der Waals surface area (Å²) in [4.78, 5) is 17.0. The molecule has 90 valence electrons. The molecular formula is C13H16N2O2. The molecule has 0 aliphatic rings. The Balaban J connectivity index is 2.27. The molecule has 0 bridgehead atoms. The molecule has 0 saturated heterocycles. The highest BCUT2D eigenvalue weighted by molar-refractivity contribution is 6.05. The van der Waals surface area contributed by atoms with E-state index in [1.807, 2.05) is 30.5 Å². The summed E-state index contributed by atoms with van der Waals surface area (Å²) in [7, 11) is 3.41. The third-order valence-corrected chi connectivity index (χ3v) is 2.80. The van der Waals surface area contributed by atoms with Gasteiger partial charge in [-0.05, 0) is 12.1 Å². The second-order valence-electron chi connectivity index (χ2n) is 3.97. The number of nitrogens with zero attached hydrogens (tertiary/aromatic N) is 1. The number of amides is 1. The van der Waals surface area contributed by atoms with E-state index in [-0.39, 0.29) is 5.91 Å². The van der Waals surface area contributed by atoms with Crippen LogP contribution in [0, 0.1) is 0 Å². The van der Waals surface area contributed by atoms with Crippen LogP contribution in [-0.4, -0.2) is 43.1 Å². The summed E-state index contributed by atoms with van der Waals surface area (Å²) in [6.45, 7) is 1.13. The molecule has 4 nitrogen and oxygen atoms in total. The molecule has 2 aromatic rings. The van der Waals surface area contributed by atoms with Crippen molar-refractivity contribution < 1.29 is 9.53 Å². The van der Waals surface area contributed by atoms with E-state index < -0.39 is 0 Å². The number of fused-ring (bicyclic) bond motifs is 1. The number of methoxy groups -OCH3 is 1. The fourth-order valence-electron chi connectivity index (χ4n) is 1.80. The van der Waals surface area contributed by atoms with Crippen LogP contribution in [0.1, 0.15) is 10.4 Å². The Labute approximate surface area is 100 Å². The number of aromatic amines is 1. The normalized spacial score (nSPS) is 10.7. The van der Waals surface area contributed by atoms with E-state index in [0.29, 0.717) is 18.7 Å². The van der Waals surface area contributed by atoms with Crippen molar-refractivity contribution >= 4 is 16.8 Å². The van der Waals surface area contributed by atoms with Gasteiger partial charge in [-0.2, -0.15) is 0 Å². The molecule has 2 rings (SSSR count). The molecule has 1 N–H and O–H groups in total. The summed E-state index contributed by atoms with van der Waals surface area (Å²) in [6, 6.07) is 7.68. The van der Waals surface area contributed by atoms with Gasteiger partial charge in [-0.1, -0.05) is 12.1 Å². The molecule has 17 heavy (non-hydrogen) atoms. The van der Waals surface area contributed by atoms with Crippen molar-refractivity contribution in [1.82, 2.24) is 9.88 Å². The fourth-order valence-corrected chi connectivity index (χ4v) is 1.80. The number of aromatic nitrogens is 1. The SMILES string of the molecule is COCCN(C)C(=O)c1cccc2cc[nH]c12. The highest BCUT2D eigenvalue weighted by atomic mass is 16.5. The van der Waals surface area contributed by atoms with Gasteiger partial charge in [0.1, 0.15) is 0 Å². The highest BCUT2D eigenvalue weighted by Gasteiger charge is 2.14. The lowest BCUT2D eigenvalue weighted by atomic mass is 10.1. The molecule has 0 radical (unpaired) electrons. The van der Waals surface area contributed by atoms with E-state index >= 15 is 0 Å². The molecule has 0 unspecified atom stereocenters. The monoisotopic (exact) mass is 232 g/mol. The summed E-state index contributed by atoms with van der Waals surface area (Å²) in [5.74, 6) is 0.00935. The number of ether oxygens (including phenoxy) is 1. The lowest BCUT2D eigenvalue weighted by Crippen LogP contribution is -2.30. The molecule has 1 aromatic heterocycles. The van der Waals surface area contributed by atoms with Gasteiger partial charge in [-0.3, -0.25) is 4.79 Å². The highest BCUT2D eigenvalue weighted by Crippen LogP contribution is 2.18. The number of nitrogens with one attached hydrogen (secondary N) is 1. The summed E-state index contributed by atoms with van der Waals surface area (Å²) < 4.78 is 4.97. The predicted molar refractivity (Wildman–Crippen MR) is 67.1 cm³/mol. The lowest BCUT2D eigenvalue weighted by molar-refractivity contribution is 0.0746. The second kappa shape index (κ2) is 5.01. The second-order valence-corrected chi connectivity index (χ2v) is 3.97. The van der Waals surface area contributed by atoms with Gasteiger partial charge in [0.25, 0.3) is 5.91 Å². The fraction of sp³-hybridized carbons (Fsp3) is 0.308. The Morgan fingerprint density at radius 2 is 2.24 bits per heavy atom. The van der Waals surface area contributed by atoms with Gasteiger partial charge in [-0.15, -0.1) is 0 Å². The summed E-state index contributed by atoms with van der Waals surface area (Å²) >= 11 is 0. The van der Waals surface area contributed by atoms with Crippen LogP contribution < -0.4 is 0 Å². The van der Waals surface area contributed by atoms with Crippen LogP contribution in [0.3, 0.4) is 0 Å². The van der Waals surface area contributed by atoms with Crippen LogP contribution in [0.15, 0.2) is 30.5 Å². The minimum atomic E-state index is 0.00935. The Kier molecular flexibility index (Phi) is 3.44. The number of carbonyl (C=O) groups is 1. The van der Waals surface area contributed by atoms with Crippen molar-refractivity contribution in [3.05, 3.63) is 36.0 Å². The van der Waals surface area contributed by atoms with Crippen LogP contribution in [-0.2, 0) is 4.74 Å². The Morgan fingerprint density at radius 3 is 3.00 bits per heavy atom. The van der Waals surface area contributed by atoms with Crippen LogP contribution in [0.25, 0.3) is 10.9 Å². The number of hydrogen-bond acceptors (Lipinski definition) is 2. The van der Waals surface area contributed by atoms with Gasteiger partial charge in [0.15, 0.2) is 0 Å². The average molecular weight is 232 g/mol. The predicted octanol–water partition coefficient (Wildman–Crippen LogP) is 1.89. The van der Waals surface area contributed by atoms with E-state index in [9.17, 15) is 4.79 Å². The minimum absolute atomic E-state index is 0.00935. The molecule has 0 aliphatic carbocycles. The van der Waals surface area contributed by atoms with E-state index in [1.165, 1.54) is 0 Å². The van der Waals surface area contributed by atoms with Gasteiger partial charge < -0.3 is 14.6 Å². The molecule has 0 atom stereocenters. The summed E-state index contributed by atoms with van der Waals surface area (Å²) in [5.41, 5.74) is 1.59. The van der Waals surface area contributed by atoms with Gasteiger partial charge in [0.05, 0.1) is 17.7 Å². The number of H-pyrrole nitrogens is 1. The first kappa shape index (κ1) is 11.7. The number of carbonyl (C=O) groups excluding carboxylic acids is 1. The summed E-state index contributed by atoms with van der Waals surface area (Å²) in [5, 5.41) is 1.05. The number of rotatable bonds is 4. The van der Waals surface area contributed by atoms with Crippen molar-refractivity contribution in [2.75, 3.05) is 27.3 Å². The standard InChI is InChI=1S/C13H16N2O2/c1-15(8-9-17-2)13(16)11-5-3-4-10-6-7-14-12(10)11/h3-7,14H,8-9H2,1-2H3. The lowest BCUT2D eigenvalue weighted by Gasteiger charge is -2.16. The molecule has 4 heteroatoms. The molecule has 1 aromatic carbocycles. The van der Waals surface area contributed by atoms with Gasteiger partial charge in [0.2, 0.25) is 0 Å². The first-order chi connectivity index (χ1) is 8.24. The first-order valence-electron chi connectivity index (χ1n) is 5.54. The maximum Gasteiger partial charge on any atom is 0.255 e. The number of likely N-dealkylation sites (N-methyl/N-ethyl adjacent to an activating group) is 1. The van der Waals surface area contributed by atoms with Crippen molar-refractivity contribution in [2.24, 2.45) is 0 Å². The van der Waals surface area contributed by atoms with E-state index in [4.69, 9.17) is 4.74 Å². The number of benzene rings is 1. The van der Waals surface area contributed by atoms with E-state index in [0.717, 1.165) is 10.9 Å². The largest absolute Gasteiger partial charge is 0.383 e. The topological polar surface area (TPSA) is 45.3 Å². The third kappa shape index (κ3) is 2.31. The zero-order chi connectivity index (χ0) is 12.3. The zero-order valence-corrected chi connectivity index (χ0v) is 10.1. The molecule has 0 aliphatic heterocycles. The van der Waals surface area contributed by atoms with Crippen LogP contribution >= 0.6 is 0 Å². The molecule has 0 saturated carbocycles. The van der Waals surface area contributed by atoms with Gasteiger partial charge >= 0.3 is 0 Å². The molecular weight excluding hydrogens is 216 g/mol. The van der Waals surface area contributed by atoms with Crippen molar-refractivity contribution in [2.45, 2.75) is 0 Å². The van der Waals surface area contributed by atoms with Crippen LogP contribution in [0.2, 0.25) is 0 Å². The number of para-hydroxylation sites is 1. The maximum atomic E-state index is 12.2. The maximum absolute atomic E-state index is 12.2. The summed E-state index contributed by atoms with van der Waals surface area (Å²) in [6.07, 6.45) is 1.84. The third-order valence-electron chi connectivity index (χ3n) is 2.80. The van der Waals surface area contributed by atoms with Crippen molar-refractivity contribution in [1.29, 1.82) is 0 Å². The molecule has 1 heterocycles. The Hall–Kier alpha value is -1.81. The van der Waals surface area contributed by atoms with Gasteiger partial charge in [0, 0.05) is 32.3 Å². The van der Waals surface area contributed by atoms with Crippen LogP contribution in [0.5, 0.6) is 0 Å². The Morgan fingerprint density at radius 1 is 1.41 bits per heavy atom. The quantitative estimate of drug-likeness (QED) is 0.874. The van der Waals surface area contributed by atoms with E-state index in [2.05, 4.69) is 4.98 Å². The van der Waals surface area contributed by atoms with Crippen molar-refractivity contribution in [3.8, 4) is 0 Å². The van der Waals surface area contributed by atoms with Gasteiger partial charge in [-0.25, -0.2) is 0 Å². The smallest absolute Gasteiger partial charge is 0.255 e. The number of hydrogen-bond donors (Lipinski definition) is 1. The molecule has 1 amide bonds. The molecule has 0 spiro atoms. The van der Waals surface area contributed by atoms with E-state index in [1.54, 1.807) is 19.1 Å². The minimum Gasteiger partial charge on any atom is -0.383 e.